The van der Waals surface area contributed by atoms with Gasteiger partial charge < -0.3 is 15.3 Å². The van der Waals surface area contributed by atoms with Gasteiger partial charge in [0.15, 0.2) is 11.5 Å². The summed E-state index contributed by atoms with van der Waals surface area (Å²) in [5.41, 5.74) is 2.82. The van der Waals surface area contributed by atoms with Crippen LogP contribution in [0.5, 0.6) is 11.5 Å². The van der Waals surface area contributed by atoms with E-state index in [0.29, 0.717) is 12.8 Å². The summed E-state index contributed by atoms with van der Waals surface area (Å²) in [5.74, 6) is 2.34. The lowest BCUT2D eigenvalue weighted by Gasteiger charge is -2.25. The van der Waals surface area contributed by atoms with E-state index in [1.54, 1.807) is 0 Å². The van der Waals surface area contributed by atoms with Crippen LogP contribution >= 0.6 is 0 Å². The van der Waals surface area contributed by atoms with Gasteiger partial charge >= 0.3 is 0 Å². The summed E-state index contributed by atoms with van der Waals surface area (Å²) >= 11 is 0. The Kier molecular flexibility index (Phi) is 12.1. The van der Waals surface area contributed by atoms with Crippen molar-refractivity contribution < 1.29 is 15.3 Å². The topological polar surface area (TPSA) is 60.7 Å². The molecule has 1 aromatic carbocycles. The molecule has 1 aromatic rings. The second kappa shape index (κ2) is 13.5. The van der Waals surface area contributed by atoms with E-state index < -0.39 is 5.60 Å². The minimum atomic E-state index is -0.703. The van der Waals surface area contributed by atoms with Crippen molar-refractivity contribution in [3.8, 4) is 11.5 Å². The van der Waals surface area contributed by atoms with Gasteiger partial charge in [0, 0.05) is 0 Å². The van der Waals surface area contributed by atoms with Crippen molar-refractivity contribution in [2.45, 2.75) is 132 Å². The van der Waals surface area contributed by atoms with Crippen LogP contribution in [-0.4, -0.2) is 20.9 Å². The average Bonchev–Trinajstić information content (AvgIpc) is 2.70. The van der Waals surface area contributed by atoms with Crippen molar-refractivity contribution in [1.29, 1.82) is 0 Å². The SMILES string of the molecule is Cc1c(C)c(CCC(C)(O)CCCC(C)CCCC(C)CCCC(C)C)c(C)c(O)c1O. The molecule has 186 valence electrons. The van der Waals surface area contributed by atoms with Crippen molar-refractivity contribution in [3.63, 3.8) is 0 Å². The summed E-state index contributed by atoms with van der Waals surface area (Å²) in [5, 5.41) is 31.1. The highest BCUT2D eigenvalue weighted by Crippen LogP contribution is 2.38. The van der Waals surface area contributed by atoms with Gasteiger partial charge in [-0.2, -0.15) is 0 Å². The second-order valence-corrected chi connectivity index (χ2v) is 11.4. The quantitative estimate of drug-likeness (QED) is 0.237. The Balaban J connectivity index is 2.36. The highest BCUT2D eigenvalue weighted by Gasteiger charge is 2.23. The molecule has 3 N–H and O–H groups in total. The molecule has 0 saturated heterocycles. The predicted octanol–water partition coefficient (Wildman–Crippen LogP) is 8.15. The first-order valence-electron chi connectivity index (χ1n) is 13.1. The van der Waals surface area contributed by atoms with Crippen LogP contribution in [-0.2, 0) is 6.42 Å². The first kappa shape index (κ1) is 28.8. The molecule has 3 unspecified atom stereocenters. The third kappa shape index (κ3) is 9.73. The van der Waals surface area contributed by atoms with Crippen molar-refractivity contribution in [2.75, 3.05) is 0 Å². The van der Waals surface area contributed by atoms with Gasteiger partial charge in [0.2, 0.25) is 0 Å². The molecule has 0 heterocycles. The largest absolute Gasteiger partial charge is 0.504 e. The molecule has 0 spiro atoms. The fourth-order valence-electron chi connectivity index (χ4n) is 4.89. The molecular formula is C29H52O3. The van der Waals surface area contributed by atoms with E-state index in [-0.39, 0.29) is 11.5 Å². The van der Waals surface area contributed by atoms with E-state index in [4.69, 9.17) is 0 Å². The van der Waals surface area contributed by atoms with Crippen LogP contribution in [0.25, 0.3) is 0 Å². The zero-order valence-corrected chi connectivity index (χ0v) is 22.4. The van der Waals surface area contributed by atoms with Gasteiger partial charge in [0.05, 0.1) is 5.60 Å². The third-order valence-corrected chi connectivity index (χ3v) is 7.60. The zero-order valence-electron chi connectivity index (χ0n) is 22.4. The Morgan fingerprint density at radius 1 is 0.656 bits per heavy atom. The summed E-state index contributed by atoms with van der Waals surface area (Å²) in [6.45, 7) is 17.0. The summed E-state index contributed by atoms with van der Waals surface area (Å²) in [4.78, 5) is 0. The summed E-state index contributed by atoms with van der Waals surface area (Å²) in [7, 11) is 0. The fourth-order valence-corrected chi connectivity index (χ4v) is 4.89. The molecule has 1 rings (SSSR count). The van der Waals surface area contributed by atoms with Crippen LogP contribution in [0.15, 0.2) is 0 Å². The van der Waals surface area contributed by atoms with Crippen molar-refractivity contribution >= 4 is 0 Å². The number of aliphatic hydroxyl groups is 1. The van der Waals surface area contributed by atoms with Gasteiger partial charge in [0.25, 0.3) is 0 Å². The molecule has 0 fully saturated rings. The molecule has 0 radical (unpaired) electrons. The van der Waals surface area contributed by atoms with Crippen molar-refractivity contribution in [2.24, 2.45) is 17.8 Å². The first-order chi connectivity index (χ1) is 14.9. The normalized spacial score (nSPS) is 15.7. The Morgan fingerprint density at radius 2 is 1.12 bits per heavy atom. The number of aromatic hydroxyl groups is 2. The van der Waals surface area contributed by atoms with Crippen molar-refractivity contribution in [3.05, 3.63) is 22.3 Å². The minimum Gasteiger partial charge on any atom is -0.504 e. The van der Waals surface area contributed by atoms with Gasteiger partial charge in [-0.3, -0.25) is 0 Å². The highest BCUT2D eigenvalue weighted by molar-refractivity contribution is 5.57. The van der Waals surface area contributed by atoms with Gasteiger partial charge in [-0.05, 0) is 87.0 Å². The summed E-state index contributed by atoms with van der Waals surface area (Å²) < 4.78 is 0. The molecule has 0 saturated carbocycles. The molecule has 3 heteroatoms. The maximum absolute atomic E-state index is 10.9. The van der Waals surface area contributed by atoms with Gasteiger partial charge in [-0.1, -0.05) is 79.1 Å². The van der Waals surface area contributed by atoms with Crippen LogP contribution in [0.2, 0.25) is 0 Å². The van der Waals surface area contributed by atoms with Gasteiger partial charge in [-0.15, -0.1) is 0 Å². The molecule has 3 nitrogen and oxygen atoms in total. The second-order valence-electron chi connectivity index (χ2n) is 11.4. The average molecular weight is 449 g/mol. The molecule has 0 aromatic heterocycles. The maximum atomic E-state index is 10.9. The van der Waals surface area contributed by atoms with Gasteiger partial charge in [0.1, 0.15) is 0 Å². The lowest BCUT2D eigenvalue weighted by atomic mass is 9.86. The first-order valence-corrected chi connectivity index (χ1v) is 13.1. The monoisotopic (exact) mass is 448 g/mol. The third-order valence-electron chi connectivity index (χ3n) is 7.60. The van der Waals surface area contributed by atoms with E-state index in [2.05, 4.69) is 27.7 Å². The molecule has 0 bridgehead atoms. The predicted molar refractivity (Wildman–Crippen MR) is 138 cm³/mol. The van der Waals surface area contributed by atoms with E-state index >= 15 is 0 Å². The van der Waals surface area contributed by atoms with Crippen LogP contribution in [0, 0.1) is 38.5 Å². The van der Waals surface area contributed by atoms with Crippen LogP contribution in [0.4, 0.5) is 0 Å². The smallest absolute Gasteiger partial charge is 0.160 e. The Labute approximate surface area is 198 Å². The summed E-state index contributed by atoms with van der Waals surface area (Å²) in [6.07, 6.45) is 12.5. The fraction of sp³-hybridized carbons (Fsp3) is 0.793. The number of phenols is 2. The molecule has 0 amide bonds. The molecule has 0 aliphatic carbocycles. The number of hydrogen-bond donors (Lipinski definition) is 3. The lowest BCUT2D eigenvalue weighted by Crippen LogP contribution is -2.25. The Morgan fingerprint density at radius 3 is 1.66 bits per heavy atom. The number of phenolic OH excluding ortho intramolecular Hbond substituents is 2. The van der Waals surface area contributed by atoms with Crippen LogP contribution in [0.1, 0.15) is 121 Å². The number of hydrogen-bond acceptors (Lipinski definition) is 3. The molecule has 32 heavy (non-hydrogen) atoms. The summed E-state index contributed by atoms with van der Waals surface area (Å²) in [6, 6.07) is 0. The van der Waals surface area contributed by atoms with Crippen molar-refractivity contribution in [1.82, 2.24) is 0 Å². The molecule has 0 aliphatic heterocycles. The lowest BCUT2D eigenvalue weighted by molar-refractivity contribution is 0.0385. The van der Waals surface area contributed by atoms with E-state index in [1.807, 2.05) is 27.7 Å². The van der Waals surface area contributed by atoms with E-state index in [9.17, 15) is 15.3 Å². The Bertz CT molecular complexity index is 661. The van der Waals surface area contributed by atoms with Gasteiger partial charge in [-0.25, -0.2) is 0 Å². The van der Waals surface area contributed by atoms with E-state index in [0.717, 1.165) is 52.8 Å². The molecular weight excluding hydrogens is 396 g/mol. The molecule has 3 atom stereocenters. The highest BCUT2D eigenvalue weighted by atomic mass is 16.3. The number of benzene rings is 1. The standard InChI is InChI=1S/C29H52O3/c1-20(2)12-9-13-21(3)14-10-15-22(4)16-11-18-29(8,32)19-17-26-23(5)24(6)27(30)28(31)25(26)7/h20-22,30-32H,9-19H2,1-8H3. The van der Waals surface area contributed by atoms with Crippen LogP contribution in [0.3, 0.4) is 0 Å². The zero-order chi connectivity index (χ0) is 24.5. The van der Waals surface area contributed by atoms with E-state index in [1.165, 1.54) is 44.9 Å². The number of rotatable bonds is 15. The maximum Gasteiger partial charge on any atom is 0.160 e. The minimum absolute atomic E-state index is 0.0190. The van der Waals surface area contributed by atoms with Crippen LogP contribution < -0.4 is 0 Å². The Hall–Kier alpha value is -1.22. The molecule has 0 aliphatic rings.